The number of ether oxygens (including phenoxy) is 2. The molecule has 2 atom stereocenters. The second-order valence-electron chi connectivity index (χ2n) is 12.0. The zero-order valence-electron chi connectivity index (χ0n) is 26.3. The predicted octanol–water partition coefficient (Wildman–Crippen LogP) is 4.06. The number of rotatable bonds is 11. The van der Waals surface area contributed by atoms with E-state index in [9.17, 15) is 19.5 Å². The minimum Gasteiger partial charge on any atom is -0.493 e. The topological polar surface area (TPSA) is 120 Å². The molecular formula is C34H45ClN4O6. The Morgan fingerprint density at radius 3 is 2.40 bits per heavy atom. The molecule has 0 unspecified atom stereocenters. The summed E-state index contributed by atoms with van der Waals surface area (Å²) in [6.45, 7) is 4.67. The lowest BCUT2D eigenvalue weighted by Crippen LogP contribution is -2.75. The predicted molar refractivity (Wildman–Crippen MR) is 174 cm³/mol. The summed E-state index contributed by atoms with van der Waals surface area (Å²) in [4.78, 5) is 43.5. The molecule has 0 aromatic heterocycles. The smallest absolute Gasteiger partial charge is 0.251 e. The third-order valence-corrected chi connectivity index (χ3v) is 9.26. The molecule has 45 heavy (non-hydrogen) atoms. The molecule has 10 nitrogen and oxygen atoms in total. The highest BCUT2D eigenvalue weighted by Crippen LogP contribution is 2.36. The van der Waals surface area contributed by atoms with E-state index >= 15 is 0 Å². The number of methoxy groups -OCH3 is 1. The van der Waals surface area contributed by atoms with Crippen molar-refractivity contribution >= 4 is 30.1 Å². The van der Waals surface area contributed by atoms with Gasteiger partial charge in [0.05, 0.1) is 13.2 Å². The van der Waals surface area contributed by atoms with Gasteiger partial charge in [0.25, 0.3) is 5.91 Å². The third-order valence-electron chi connectivity index (χ3n) is 9.26. The van der Waals surface area contributed by atoms with Crippen LogP contribution in [0, 0.1) is 5.92 Å². The van der Waals surface area contributed by atoms with E-state index in [0.29, 0.717) is 61.8 Å². The number of carbonyl (C=O) groups excluding carboxylic acids is 3. The molecule has 2 aromatic rings. The molecular weight excluding hydrogens is 596 g/mol. The highest BCUT2D eigenvalue weighted by Gasteiger charge is 2.55. The average molecular weight is 641 g/mol. The number of piperidine rings is 1. The van der Waals surface area contributed by atoms with Gasteiger partial charge in [0.15, 0.2) is 11.5 Å². The maximum Gasteiger partial charge on any atom is 0.251 e. The Bertz CT molecular complexity index is 1370. The van der Waals surface area contributed by atoms with Crippen LogP contribution in [-0.2, 0) is 16.1 Å². The van der Waals surface area contributed by atoms with Crippen molar-refractivity contribution in [3.8, 4) is 17.2 Å². The monoisotopic (exact) mass is 640 g/mol. The maximum absolute atomic E-state index is 13.8. The zero-order valence-corrected chi connectivity index (χ0v) is 27.1. The van der Waals surface area contributed by atoms with E-state index in [4.69, 9.17) is 9.47 Å². The summed E-state index contributed by atoms with van der Waals surface area (Å²) in [5, 5.41) is 16.6. The molecule has 5 rings (SSSR count). The van der Waals surface area contributed by atoms with Gasteiger partial charge in [-0.05, 0) is 73.9 Å². The number of benzene rings is 2. The van der Waals surface area contributed by atoms with E-state index in [1.165, 1.54) is 7.11 Å². The molecule has 0 radical (unpaired) electrons. The van der Waals surface area contributed by atoms with Crippen LogP contribution in [0.3, 0.4) is 0 Å². The van der Waals surface area contributed by atoms with E-state index in [1.54, 1.807) is 30.1 Å². The number of likely N-dealkylation sites (tertiary alicyclic amines) is 1. The number of allylic oxidation sites excluding steroid dienone is 2. The lowest BCUT2D eigenvalue weighted by Gasteiger charge is -2.52. The zero-order chi connectivity index (χ0) is 31.3. The van der Waals surface area contributed by atoms with Crippen LogP contribution in [0.1, 0.15) is 61.4 Å². The number of halogens is 1. The first-order valence-electron chi connectivity index (χ1n) is 15.6. The SMILES string of the molecule is CCCCN1C(=O)[C@@H]([C@H](O)C2CC=CC2)NC(=O)C12CCN(Cc1ccc(Oc3ccc(C(=O)NC)cc3OC)cc1)CC2.Cl. The summed E-state index contributed by atoms with van der Waals surface area (Å²) in [5.74, 6) is 1.09. The van der Waals surface area contributed by atoms with Crippen molar-refractivity contribution in [3.63, 3.8) is 0 Å². The molecule has 11 heteroatoms. The number of carbonyl (C=O) groups is 3. The van der Waals surface area contributed by atoms with Gasteiger partial charge in [-0.2, -0.15) is 0 Å². The van der Waals surface area contributed by atoms with Crippen LogP contribution in [-0.4, -0.2) is 84.1 Å². The first kappa shape index (κ1) is 34.3. The van der Waals surface area contributed by atoms with Gasteiger partial charge >= 0.3 is 0 Å². The van der Waals surface area contributed by atoms with Gasteiger partial charge in [-0.3, -0.25) is 19.3 Å². The summed E-state index contributed by atoms with van der Waals surface area (Å²) in [6.07, 6.45) is 7.45. The number of piperazine rings is 1. The molecule has 2 heterocycles. The largest absolute Gasteiger partial charge is 0.493 e. The van der Waals surface area contributed by atoms with Gasteiger partial charge in [0.2, 0.25) is 11.8 Å². The van der Waals surface area contributed by atoms with E-state index in [2.05, 4.69) is 22.5 Å². The molecule has 1 aliphatic carbocycles. The Morgan fingerprint density at radius 2 is 1.78 bits per heavy atom. The van der Waals surface area contributed by atoms with Crippen molar-refractivity contribution in [2.45, 2.75) is 69.7 Å². The maximum atomic E-state index is 13.8. The molecule has 2 aliphatic heterocycles. The van der Waals surface area contributed by atoms with Crippen LogP contribution < -0.4 is 20.1 Å². The van der Waals surface area contributed by atoms with Crippen LogP contribution in [0.25, 0.3) is 0 Å². The number of aliphatic hydroxyl groups is 1. The fourth-order valence-electron chi connectivity index (χ4n) is 6.56. The van der Waals surface area contributed by atoms with Crippen molar-refractivity contribution < 1.29 is 29.0 Å². The molecule has 3 N–H and O–H groups in total. The van der Waals surface area contributed by atoms with Crippen LogP contribution in [0.2, 0.25) is 0 Å². The Kier molecular flexibility index (Phi) is 11.5. The van der Waals surface area contributed by atoms with E-state index in [1.807, 2.05) is 36.4 Å². The fraction of sp³-hybridized carbons (Fsp3) is 0.500. The van der Waals surface area contributed by atoms with Gasteiger partial charge in [-0.15, -0.1) is 12.4 Å². The summed E-state index contributed by atoms with van der Waals surface area (Å²) in [5.41, 5.74) is 0.713. The van der Waals surface area contributed by atoms with E-state index in [0.717, 1.165) is 31.2 Å². The van der Waals surface area contributed by atoms with Crippen molar-refractivity contribution in [1.82, 2.24) is 20.4 Å². The summed E-state index contributed by atoms with van der Waals surface area (Å²) in [6, 6.07) is 12.0. The molecule has 2 saturated heterocycles. The average Bonchev–Trinajstić information content (AvgIpc) is 3.59. The van der Waals surface area contributed by atoms with Crippen LogP contribution >= 0.6 is 12.4 Å². The highest BCUT2D eigenvalue weighted by molar-refractivity contribution is 6.00. The van der Waals surface area contributed by atoms with Gasteiger partial charge in [-0.25, -0.2) is 0 Å². The first-order valence-corrected chi connectivity index (χ1v) is 15.6. The van der Waals surface area contributed by atoms with Gasteiger partial charge in [-0.1, -0.05) is 37.6 Å². The minimum absolute atomic E-state index is 0. The second-order valence-corrected chi connectivity index (χ2v) is 12.0. The van der Waals surface area contributed by atoms with E-state index in [-0.39, 0.29) is 36.0 Å². The molecule has 2 aromatic carbocycles. The van der Waals surface area contributed by atoms with Crippen molar-refractivity contribution in [1.29, 1.82) is 0 Å². The van der Waals surface area contributed by atoms with E-state index < -0.39 is 17.7 Å². The Morgan fingerprint density at radius 1 is 1.09 bits per heavy atom. The van der Waals surface area contributed by atoms with Crippen LogP contribution in [0.4, 0.5) is 0 Å². The second kappa shape index (κ2) is 15.1. The molecule has 3 aliphatic rings. The first-order chi connectivity index (χ1) is 21.3. The summed E-state index contributed by atoms with van der Waals surface area (Å²) >= 11 is 0. The molecule has 244 valence electrons. The highest BCUT2D eigenvalue weighted by atomic mass is 35.5. The summed E-state index contributed by atoms with van der Waals surface area (Å²) in [7, 11) is 3.11. The Labute approximate surface area is 271 Å². The number of hydrogen-bond donors (Lipinski definition) is 3. The van der Waals surface area contributed by atoms with Crippen molar-refractivity contribution in [2.24, 2.45) is 5.92 Å². The number of unbranched alkanes of at least 4 members (excludes halogenated alkanes) is 1. The van der Waals surface area contributed by atoms with Crippen molar-refractivity contribution in [3.05, 3.63) is 65.7 Å². The number of amides is 3. The number of aliphatic hydroxyl groups excluding tert-OH is 1. The Hall–Kier alpha value is -3.60. The number of nitrogens with zero attached hydrogens (tertiary/aromatic N) is 2. The fourth-order valence-corrected chi connectivity index (χ4v) is 6.56. The Balaban J connectivity index is 0.00000461. The number of nitrogens with one attached hydrogen (secondary N) is 2. The quantitative estimate of drug-likeness (QED) is 0.317. The lowest BCUT2D eigenvalue weighted by molar-refractivity contribution is -0.165. The molecule has 0 bridgehead atoms. The molecule has 1 spiro atoms. The molecule has 3 amide bonds. The normalized spacial score (nSPS) is 20.4. The van der Waals surface area contributed by atoms with Crippen LogP contribution in [0.5, 0.6) is 17.2 Å². The lowest BCUT2D eigenvalue weighted by atomic mass is 9.79. The third kappa shape index (κ3) is 7.29. The standard InChI is InChI=1S/C34H44N4O6.ClH/c1-4-5-18-38-32(41)29(30(39)24-8-6-7-9-24)36-33(42)34(38)16-19-37(20-17-34)22-23-10-13-26(14-11-23)44-27-15-12-25(31(40)35-2)21-28(27)43-3;/h6-7,10-15,21,24,29-30,39H,4-5,8-9,16-20,22H2,1-3H3,(H,35,40)(H,36,42);1H/t29-,30-;/m1./s1. The van der Waals surface area contributed by atoms with Crippen LogP contribution in [0.15, 0.2) is 54.6 Å². The summed E-state index contributed by atoms with van der Waals surface area (Å²) < 4.78 is 11.5. The van der Waals surface area contributed by atoms with Gasteiger partial charge < -0.3 is 30.1 Å². The molecule has 2 fully saturated rings. The van der Waals surface area contributed by atoms with Crippen molar-refractivity contribution in [2.75, 3.05) is 33.8 Å². The van der Waals surface area contributed by atoms with Gasteiger partial charge in [0.1, 0.15) is 17.3 Å². The minimum atomic E-state index is -0.891. The van der Waals surface area contributed by atoms with Gasteiger partial charge in [0, 0.05) is 38.8 Å². The number of hydrogen-bond acceptors (Lipinski definition) is 7. The molecule has 0 saturated carbocycles.